The molecule has 160 valence electrons. The second kappa shape index (κ2) is 9.75. The second-order valence-corrected chi connectivity index (χ2v) is 7.98. The summed E-state index contributed by atoms with van der Waals surface area (Å²) < 4.78 is 1.80. The van der Waals surface area contributed by atoms with E-state index >= 15 is 0 Å². The predicted octanol–water partition coefficient (Wildman–Crippen LogP) is 1.71. The summed E-state index contributed by atoms with van der Waals surface area (Å²) in [4.78, 5) is 31.0. The summed E-state index contributed by atoms with van der Waals surface area (Å²) >= 11 is 0. The normalized spacial score (nSPS) is 17.7. The molecule has 4 rings (SSSR count). The van der Waals surface area contributed by atoms with E-state index in [1.54, 1.807) is 10.9 Å². The molecule has 3 heterocycles. The van der Waals surface area contributed by atoms with E-state index in [4.69, 9.17) is 0 Å². The van der Waals surface area contributed by atoms with Gasteiger partial charge in [0.1, 0.15) is 0 Å². The lowest BCUT2D eigenvalue weighted by atomic mass is 10.1. The van der Waals surface area contributed by atoms with E-state index in [0.717, 1.165) is 50.3 Å². The number of aromatic nitrogens is 2. The predicted molar refractivity (Wildman–Crippen MR) is 114 cm³/mol. The second-order valence-electron chi connectivity index (χ2n) is 7.98. The first-order valence-electron chi connectivity index (χ1n) is 10.8. The molecule has 30 heavy (non-hydrogen) atoms. The summed E-state index contributed by atoms with van der Waals surface area (Å²) in [5.74, 6) is 0.227. The molecule has 2 fully saturated rings. The van der Waals surface area contributed by atoms with Gasteiger partial charge in [0, 0.05) is 58.2 Å². The molecule has 2 aliphatic heterocycles. The van der Waals surface area contributed by atoms with E-state index in [2.05, 4.69) is 15.3 Å². The third-order valence-corrected chi connectivity index (χ3v) is 5.85. The largest absolute Gasteiger partial charge is 0.342 e. The molecule has 0 bridgehead atoms. The van der Waals surface area contributed by atoms with E-state index in [0.29, 0.717) is 26.2 Å². The first kappa shape index (κ1) is 20.4. The molecule has 8 heteroatoms. The van der Waals surface area contributed by atoms with Crippen molar-refractivity contribution in [3.8, 4) is 5.69 Å². The van der Waals surface area contributed by atoms with Crippen LogP contribution in [-0.2, 0) is 11.3 Å². The van der Waals surface area contributed by atoms with Crippen molar-refractivity contribution in [2.45, 2.75) is 25.8 Å². The van der Waals surface area contributed by atoms with E-state index < -0.39 is 0 Å². The van der Waals surface area contributed by atoms with Gasteiger partial charge in [-0.3, -0.25) is 9.69 Å². The fourth-order valence-corrected chi connectivity index (χ4v) is 4.06. The molecule has 2 aromatic rings. The van der Waals surface area contributed by atoms with Crippen molar-refractivity contribution >= 4 is 11.9 Å². The molecule has 0 saturated carbocycles. The Labute approximate surface area is 177 Å². The fourth-order valence-electron chi connectivity index (χ4n) is 4.06. The summed E-state index contributed by atoms with van der Waals surface area (Å²) in [6.45, 7) is 5.49. The highest BCUT2D eigenvalue weighted by molar-refractivity contribution is 5.78. The van der Waals surface area contributed by atoms with Gasteiger partial charge < -0.3 is 15.1 Å². The van der Waals surface area contributed by atoms with Crippen LogP contribution in [0.4, 0.5) is 4.79 Å². The number of amides is 3. The van der Waals surface area contributed by atoms with Crippen LogP contribution >= 0.6 is 0 Å². The Hall–Kier alpha value is -2.87. The van der Waals surface area contributed by atoms with Crippen molar-refractivity contribution in [3.05, 3.63) is 48.3 Å². The molecular weight excluding hydrogens is 380 g/mol. The lowest BCUT2D eigenvalue weighted by Crippen LogP contribution is -2.53. The molecule has 1 aromatic carbocycles. The molecule has 8 nitrogen and oxygen atoms in total. The van der Waals surface area contributed by atoms with Gasteiger partial charge >= 0.3 is 6.03 Å². The van der Waals surface area contributed by atoms with Gasteiger partial charge in [-0.1, -0.05) is 12.1 Å². The molecule has 1 aromatic heterocycles. The summed E-state index contributed by atoms with van der Waals surface area (Å²) in [7, 11) is 0. The molecule has 1 N–H and O–H groups in total. The van der Waals surface area contributed by atoms with E-state index in [-0.39, 0.29) is 11.9 Å². The number of piperazine rings is 1. The number of nitrogens with zero attached hydrogens (tertiary/aromatic N) is 5. The number of piperidine rings is 1. The number of benzene rings is 1. The maximum absolute atomic E-state index is 12.6. The molecule has 0 radical (unpaired) electrons. The molecule has 2 saturated heterocycles. The van der Waals surface area contributed by atoms with Gasteiger partial charge in [0.05, 0.1) is 12.2 Å². The Morgan fingerprint density at radius 1 is 0.933 bits per heavy atom. The van der Waals surface area contributed by atoms with Crippen LogP contribution in [0.2, 0.25) is 0 Å². The van der Waals surface area contributed by atoms with Gasteiger partial charge in [-0.15, -0.1) is 0 Å². The summed E-state index contributed by atoms with van der Waals surface area (Å²) in [5.41, 5.74) is 2.00. The minimum atomic E-state index is -0.0542. The highest BCUT2D eigenvalue weighted by atomic mass is 16.2. The van der Waals surface area contributed by atoms with Gasteiger partial charge in [0.15, 0.2) is 0 Å². The number of carbonyl (C=O) groups is 2. The van der Waals surface area contributed by atoms with Crippen molar-refractivity contribution in [3.63, 3.8) is 0 Å². The molecule has 0 spiro atoms. The van der Waals surface area contributed by atoms with E-state index in [1.165, 1.54) is 6.42 Å². The van der Waals surface area contributed by atoms with Gasteiger partial charge in [-0.2, -0.15) is 5.10 Å². The van der Waals surface area contributed by atoms with Crippen LogP contribution in [-0.4, -0.2) is 82.2 Å². The van der Waals surface area contributed by atoms with Crippen LogP contribution in [0.3, 0.4) is 0 Å². The van der Waals surface area contributed by atoms with E-state index in [1.807, 2.05) is 46.3 Å². The van der Waals surface area contributed by atoms with Crippen molar-refractivity contribution in [1.29, 1.82) is 0 Å². The monoisotopic (exact) mass is 410 g/mol. The zero-order valence-corrected chi connectivity index (χ0v) is 17.4. The quantitative estimate of drug-likeness (QED) is 0.815. The maximum Gasteiger partial charge on any atom is 0.317 e. The van der Waals surface area contributed by atoms with Crippen LogP contribution in [0, 0.1) is 0 Å². The molecule has 3 amide bonds. The number of urea groups is 1. The third kappa shape index (κ3) is 5.18. The Kier molecular flexibility index (Phi) is 6.63. The van der Waals surface area contributed by atoms with Gasteiger partial charge in [-0.25, -0.2) is 9.48 Å². The van der Waals surface area contributed by atoms with Crippen molar-refractivity contribution in [2.24, 2.45) is 0 Å². The number of hydrogen-bond donors (Lipinski definition) is 1. The zero-order chi connectivity index (χ0) is 20.8. The summed E-state index contributed by atoms with van der Waals surface area (Å²) in [6.07, 6.45) is 7.10. The zero-order valence-electron chi connectivity index (χ0n) is 17.4. The summed E-state index contributed by atoms with van der Waals surface area (Å²) in [6, 6.07) is 9.81. The van der Waals surface area contributed by atoms with Crippen LogP contribution in [0.25, 0.3) is 5.69 Å². The van der Waals surface area contributed by atoms with Gasteiger partial charge in [0.2, 0.25) is 5.91 Å². The molecule has 2 aliphatic rings. The summed E-state index contributed by atoms with van der Waals surface area (Å²) in [5, 5.41) is 7.26. The van der Waals surface area contributed by atoms with Crippen LogP contribution < -0.4 is 5.32 Å². The third-order valence-electron chi connectivity index (χ3n) is 5.85. The molecule has 0 aliphatic carbocycles. The first-order valence-corrected chi connectivity index (χ1v) is 10.8. The Morgan fingerprint density at radius 2 is 1.73 bits per heavy atom. The Morgan fingerprint density at radius 3 is 2.47 bits per heavy atom. The molecular formula is C22H30N6O2. The van der Waals surface area contributed by atoms with E-state index in [9.17, 15) is 9.59 Å². The standard InChI is InChI=1S/C22H30N6O2/c29-21(26-9-2-1-3-10-26)18-25-12-14-27(15-13-25)22(30)23-17-19-6-4-7-20(16-19)28-11-5-8-24-28/h4-8,11,16H,1-3,9-10,12-15,17-18H2,(H,23,30). The number of rotatable bonds is 5. The maximum atomic E-state index is 12.6. The number of hydrogen-bond acceptors (Lipinski definition) is 4. The molecule has 0 atom stereocenters. The number of likely N-dealkylation sites (tertiary alicyclic amines) is 1. The highest BCUT2D eigenvalue weighted by Gasteiger charge is 2.24. The van der Waals surface area contributed by atoms with Gasteiger partial charge in [0.25, 0.3) is 0 Å². The van der Waals surface area contributed by atoms with Crippen molar-refractivity contribution in [2.75, 3.05) is 45.8 Å². The minimum Gasteiger partial charge on any atom is -0.342 e. The van der Waals surface area contributed by atoms with Crippen LogP contribution in [0.1, 0.15) is 24.8 Å². The average Bonchev–Trinajstić information content (AvgIpc) is 3.34. The highest BCUT2D eigenvalue weighted by Crippen LogP contribution is 2.11. The minimum absolute atomic E-state index is 0.0542. The SMILES string of the molecule is O=C(CN1CCN(C(=O)NCc2cccc(-n3cccn3)c2)CC1)N1CCCCC1. The first-order chi connectivity index (χ1) is 14.7. The van der Waals surface area contributed by atoms with Crippen molar-refractivity contribution < 1.29 is 9.59 Å². The number of carbonyl (C=O) groups excluding carboxylic acids is 2. The Balaban J connectivity index is 1.21. The molecule has 0 unspecified atom stereocenters. The Bertz CT molecular complexity index is 839. The average molecular weight is 411 g/mol. The number of nitrogens with one attached hydrogen (secondary N) is 1. The van der Waals surface area contributed by atoms with Crippen LogP contribution in [0.15, 0.2) is 42.7 Å². The van der Waals surface area contributed by atoms with Gasteiger partial charge in [-0.05, 0) is 43.0 Å². The lowest BCUT2D eigenvalue weighted by Gasteiger charge is -2.36. The fraction of sp³-hybridized carbons (Fsp3) is 0.500. The lowest BCUT2D eigenvalue weighted by molar-refractivity contribution is -0.133. The topological polar surface area (TPSA) is 73.7 Å². The smallest absolute Gasteiger partial charge is 0.317 e. The van der Waals surface area contributed by atoms with Crippen LogP contribution in [0.5, 0.6) is 0 Å². The van der Waals surface area contributed by atoms with Crippen molar-refractivity contribution in [1.82, 2.24) is 29.8 Å².